The van der Waals surface area contributed by atoms with Crippen LogP contribution in [0.1, 0.15) is 26.7 Å². The van der Waals surface area contributed by atoms with Crippen molar-refractivity contribution < 1.29 is 5.11 Å². The summed E-state index contributed by atoms with van der Waals surface area (Å²) in [5.41, 5.74) is 1.23. The minimum Gasteiger partial charge on any atom is -0.393 e. The van der Waals surface area contributed by atoms with Gasteiger partial charge < -0.3 is 5.11 Å². The van der Waals surface area contributed by atoms with Crippen molar-refractivity contribution >= 4 is 0 Å². The topological polar surface area (TPSA) is 20.2 Å². The monoisotopic (exact) mass is 140 g/mol. The molecule has 1 nitrogen and oxygen atoms in total. The van der Waals surface area contributed by atoms with Gasteiger partial charge in [0.25, 0.3) is 0 Å². The lowest BCUT2D eigenvalue weighted by Crippen LogP contribution is -2.08. The Kier molecular flexibility index (Phi) is 2.14. The number of rotatable bonds is 3. The SMILES string of the molecule is C=C(C)[C@@H]1C[C@@H]1[C@H](O)CC. The second-order valence-electron chi connectivity index (χ2n) is 3.33. The largest absolute Gasteiger partial charge is 0.393 e. The summed E-state index contributed by atoms with van der Waals surface area (Å²) in [4.78, 5) is 0. The van der Waals surface area contributed by atoms with Gasteiger partial charge in [0.15, 0.2) is 0 Å². The quantitative estimate of drug-likeness (QED) is 0.594. The van der Waals surface area contributed by atoms with E-state index < -0.39 is 0 Å². The van der Waals surface area contributed by atoms with Gasteiger partial charge >= 0.3 is 0 Å². The van der Waals surface area contributed by atoms with Crippen molar-refractivity contribution in [3.8, 4) is 0 Å². The molecule has 0 aromatic rings. The van der Waals surface area contributed by atoms with E-state index in [2.05, 4.69) is 6.58 Å². The first kappa shape index (κ1) is 7.80. The van der Waals surface area contributed by atoms with Crippen molar-refractivity contribution in [2.45, 2.75) is 32.8 Å². The van der Waals surface area contributed by atoms with Crippen LogP contribution in [0.15, 0.2) is 12.2 Å². The van der Waals surface area contributed by atoms with Crippen molar-refractivity contribution in [2.24, 2.45) is 11.8 Å². The van der Waals surface area contributed by atoms with Gasteiger partial charge in [0.1, 0.15) is 0 Å². The average molecular weight is 140 g/mol. The summed E-state index contributed by atoms with van der Waals surface area (Å²) in [6.45, 7) is 7.95. The van der Waals surface area contributed by atoms with Crippen LogP contribution < -0.4 is 0 Å². The molecular weight excluding hydrogens is 124 g/mol. The Morgan fingerprint density at radius 3 is 2.70 bits per heavy atom. The fourth-order valence-electron chi connectivity index (χ4n) is 1.51. The van der Waals surface area contributed by atoms with E-state index in [0.29, 0.717) is 11.8 Å². The Hall–Kier alpha value is -0.300. The standard InChI is InChI=1S/C9H16O/c1-4-9(10)8-5-7(8)6(2)3/h7-10H,2,4-5H2,1,3H3/t7-,8-,9+/m0/s1. The maximum atomic E-state index is 9.38. The molecular formula is C9H16O. The Balaban J connectivity index is 2.31. The molecule has 0 radical (unpaired) electrons. The average Bonchev–Trinajstić information content (AvgIpc) is 2.64. The molecule has 1 N–H and O–H groups in total. The molecule has 0 bridgehead atoms. The van der Waals surface area contributed by atoms with Gasteiger partial charge in [-0.1, -0.05) is 19.1 Å². The molecule has 0 unspecified atom stereocenters. The molecule has 0 saturated heterocycles. The van der Waals surface area contributed by atoms with E-state index in [0.717, 1.165) is 12.8 Å². The van der Waals surface area contributed by atoms with E-state index >= 15 is 0 Å². The molecule has 1 fully saturated rings. The van der Waals surface area contributed by atoms with Gasteiger partial charge in [0, 0.05) is 0 Å². The highest BCUT2D eigenvalue weighted by molar-refractivity contribution is 5.10. The van der Waals surface area contributed by atoms with Gasteiger partial charge in [-0.05, 0) is 31.6 Å². The maximum Gasteiger partial charge on any atom is 0.0571 e. The van der Waals surface area contributed by atoms with Crippen LogP contribution in [0.2, 0.25) is 0 Å². The van der Waals surface area contributed by atoms with Gasteiger partial charge in [-0.15, -0.1) is 0 Å². The molecule has 1 rings (SSSR count). The van der Waals surface area contributed by atoms with Crippen molar-refractivity contribution in [3.63, 3.8) is 0 Å². The second-order valence-corrected chi connectivity index (χ2v) is 3.33. The lowest BCUT2D eigenvalue weighted by atomic mass is 10.1. The normalized spacial score (nSPS) is 33.5. The van der Waals surface area contributed by atoms with Crippen molar-refractivity contribution in [2.75, 3.05) is 0 Å². The van der Waals surface area contributed by atoms with Crippen LogP contribution in [-0.4, -0.2) is 11.2 Å². The molecule has 3 atom stereocenters. The molecule has 0 aromatic heterocycles. The van der Waals surface area contributed by atoms with Crippen LogP contribution in [0.4, 0.5) is 0 Å². The highest BCUT2D eigenvalue weighted by Crippen LogP contribution is 2.46. The van der Waals surface area contributed by atoms with Gasteiger partial charge in [-0.2, -0.15) is 0 Å². The first-order valence-electron chi connectivity index (χ1n) is 4.00. The van der Waals surface area contributed by atoms with Crippen LogP contribution in [-0.2, 0) is 0 Å². The first-order valence-corrected chi connectivity index (χ1v) is 4.00. The number of aliphatic hydroxyl groups is 1. The van der Waals surface area contributed by atoms with E-state index in [1.54, 1.807) is 0 Å². The number of allylic oxidation sites excluding steroid dienone is 1. The van der Waals surface area contributed by atoms with Crippen LogP contribution in [0.5, 0.6) is 0 Å². The van der Waals surface area contributed by atoms with Gasteiger partial charge in [0.2, 0.25) is 0 Å². The minimum atomic E-state index is -0.0818. The number of aliphatic hydroxyl groups excluding tert-OH is 1. The number of hydrogen-bond acceptors (Lipinski definition) is 1. The fraction of sp³-hybridized carbons (Fsp3) is 0.778. The zero-order valence-corrected chi connectivity index (χ0v) is 6.80. The summed E-state index contributed by atoms with van der Waals surface area (Å²) in [5.74, 6) is 1.15. The molecule has 1 aliphatic carbocycles. The first-order chi connectivity index (χ1) is 4.66. The Bertz CT molecular complexity index is 140. The van der Waals surface area contributed by atoms with E-state index in [1.165, 1.54) is 5.57 Å². The molecule has 0 aliphatic heterocycles. The van der Waals surface area contributed by atoms with Gasteiger partial charge in [-0.3, -0.25) is 0 Å². The summed E-state index contributed by atoms with van der Waals surface area (Å²) in [6, 6.07) is 0. The van der Waals surface area contributed by atoms with Crippen LogP contribution >= 0.6 is 0 Å². The Labute approximate surface area is 62.8 Å². The van der Waals surface area contributed by atoms with E-state index in [9.17, 15) is 5.11 Å². The molecule has 10 heavy (non-hydrogen) atoms. The molecule has 0 heterocycles. The van der Waals surface area contributed by atoms with Gasteiger partial charge in [-0.25, -0.2) is 0 Å². The van der Waals surface area contributed by atoms with Crippen molar-refractivity contribution in [1.29, 1.82) is 0 Å². The molecule has 0 aromatic carbocycles. The van der Waals surface area contributed by atoms with E-state index in [4.69, 9.17) is 0 Å². The summed E-state index contributed by atoms with van der Waals surface area (Å²) in [6.07, 6.45) is 1.96. The Morgan fingerprint density at radius 2 is 2.40 bits per heavy atom. The predicted octanol–water partition coefficient (Wildman–Crippen LogP) is 1.97. The lowest BCUT2D eigenvalue weighted by molar-refractivity contribution is 0.143. The van der Waals surface area contributed by atoms with Crippen LogP contribution in [0.25, 0.3) is 0 Å². The summed E-state index contributed by atoms with van der Waals surface area (Å²) in [7, 11) is 0. The molecule has 1 saturated carbocycles. The fourth-order valence-corrected chi connectivity index (χ4v) is 1.51. The zero-order valence-electron chi connectivity index (χ0n) is 6.80. The molecule has 1 aliphatic rings. The van der Waals surface area contributed by atoms with Crippen molar-refractivity contribution in [1.82, 2.24) is 0 Å². The zero-order chi connectivity index (χ0) is 7.72. The Morgan fingerprint density at radius 1 is 1.80 bits per heavy atom. The highest BCUT2D eigenvalue weighted by atomic mass is 16.3. The van der Waals surface area contributed by atoms with E-state index in [-0.39, 0.29) is 6.10 Å². The molecule has 1 heteroatoms. The van der Waals surface area contributed by atoms with Crippen molar-refractivity contribution in [3.05, 3.63) is 12.2 Å². The maximum absolute atomic E-state index is 9.38. The minimum absolute atomic E-state index is 0.0818. The third kappa shape index (κ3) is 1.40. The summed E-state index contributed by atoms with van der Waals surface area (Å²) < 4.78 is 0. The highest BCUT2D eigenvalue weighted by Gasteiger charge is 2.41. The summed E-state index contributed by atoms with van der Waals surface area (Å²) >= 11 is 0. The third-order valence-corrected chi connectivity index (χ3v) is 2.39. The molecule has 58 valence electrons. The molecule has 0 amide bonds. The lowest BCUT2D eigenvalue weighted by Gasteiger charge is -2.05. The predicted molar refractivity (Wildman–Crippen MR) is 42.7 cm³/mol. The van der Waals surface area contributed by atoms with Crippen LogP contribution in [0.3, 0.4) is 0 Å². The molecule has 0 spiro atoms. The number of hydrogen-bond donors (Lipinski definition) is 1. The van der Waals surface area contributed by atoms with E-state index in [1.807, 2.05) is 13.8 Å². The second kappa shape index (κ2) is 2.75. The third-order valence-electron chi connectivity index (χ3n) is 2.39. The van der Waals surface area contributed by atoms with Crippen LogP contribution in [0, 0.1) is 11.8 Å². The van der Waals surface area contributed by atoms with Gasteiger partial charge in [0.05, 0.1) is 6.10 Å². The smallest absolute Gasteiger partial charge is 0.0571 e. The summed E-state index contributed by atoms with van der Waals surface area (Å²) in [5, 5.41) is 9.38.